The fraction of sp³-hybridized carbons (Fsp3) is 0.458. The van der Waals surface area contributed by atoms with Crippen LogP contribution < -0.4 is 5.32 Å². The van der Waals surface area contributed by atoms with Gasteiger partial charge in [-0.2, -0.15) is 8.78 Å². The molecule has 10 heteroatoms. The minimum absolute atomic E-state index is 0.255. The zero-order valence-corrected chi connectivity index (χ0v) is 20.3. The van der Waals surface area contributed by atoms with Crippen LogP contribution >= 0.6 is 11.3 Å². The Morgan fingerprint density at radius 1 is 1.12 bits per heavy atom. The summed E-state index contributed by atoms with van der Waals surface area (Å²) in [7, 11) is 0. The molecule has 0 radical (unpaired) electrons. The van der Waals surface area contributed by atoms with Crippen LogP contribution in [0.4, 0.5) is 14.6 Å². The van der Waals surface area contributed by atoms with Gasteiger partial charge >= 0.3 is 6.55 Å². The molecule has 0 unspecified atom stereocenters. The molecule has 0 saturated carbocycles. The van der Waals surface area contributed by atoms with E-state index in [1.165, 1.54) is 4.88 Å². The smallest absolute Gasteiger partial charge is 0.320 e. The predicted molar refractivity (Wildman–Crippen MR) is 131 cm³/mol. The molecule has 4 heterocycles. The van der Waals surface area contributed by atoms with Crippen LogP contribution in [0.5, 0.6) is 0 Å². The molecule has 1 aliphatic rings. The third-order valence-corrected chi connectivity index (χ3v) is 7.48. The SMILES string of the molecule is Cc1sc2nc(CN3CCOCC3)nc(NC[C@@H](C)c3nc4ccccc4n3C(F)F)c2c1C. The Kier molecular flexibility index (Phi) is 6.46. The number of nitrogens with one attached hydrogen (secondary N) is 1. The fourth-order valence-electron chi connectivity index (χ4n) is 4.41. The number of morpholine rings is 1. The molecule has 7 nitrogen and oxygen atoms in total. The molecule has 1 aliphatic heterocycles. The Morgan fingerprint density at radius 2 is 1.88 bits per heavy atom. The van der Waals surface area contributed by atoms with Crippen LogP contribution in [0.3, 0.4) is 0 Å². The van der Waals surface area contributed by atoms with Crippen LogP contribution in [0.1, 0.15) is 41.5 Å². The van der Waals surface area contributed by atoms with E-state index in [4.69, 9.17) is 14.7 Å². The summed E-state index contributed by atoms with van der Waals surface area (Å²) in [6.45, 7) is 7.63. The summed E-state index contributed by atoms with van der Waals surface area (Å²) in [4.78, 5) is 18.6. The largest absolute Gasteiger partial charge is 0.379 e. The van der Waals surface area contributed by atoms with Gasteiger partial charge in [0.25, 0.3) is 0 Å². The van der Waals surface area contributed by atoms with Crippen molar-refractivity contribution in [3.63, 3.8) is 0 Å². The maximum Gasteiger partial charge on any atom is 0.320 e. The molecule has 1 N–H and O–H groups in total. The highest BCUT2D eigenvalue weighted by atomic mass is 32.1. The highest BCUT2D eigenvalue weighted by molar-refractivity contribution is 7.18. The number of ether oxygens (including phenoxy) is 1. The van der Waals surface area contributed by atoms with E-state index in [0.29, 0.717) is 43.2 Å². The van der Waals surface area contributed by atoms with Crippen LogP contribution in [-0.4, -0.2) is 57.3 Å². The quantitative estimate of drug-likeness (QED) is 0.392. The summed E-state index contributed by atoms with van der Waals surface area (Å²) in [6.07, 6.45) is 0. The summed E-state index contributed by atoms with van der Waals surface area (Å²) >= 11 is 1.66. The first-order valence-corrected chi connectivity index (χ1v) is 12.3. The molecule has 1 saturated heterocycles. The van der Waals surface area contributed by atoms with Crippen LogP contribution in [0.25, 0.3) is 21.3 Å². The molecule has 5 rings (SSSR count). The van der Waals surface area contributed by atoms with Gasteiger partial charge in [0.15, 0.2) is 0 Å². The van der Waals surface area contributed by atoms with Gasteiger partial charge in [-0.05, 0) is 31.5 Å². The molecule has 1 atom stereocenters. The third-order valence-electron chi connectivity index (χ3n) is 6.38. The fourth-order valence-corrected chi connectivity index (χ4v) is 5.46. The van der Waals surface area contributed by atoms with Crippen molar-refractivity contribution >= 4 is 38.4 Å². The number of thiophene rings is 1. The Bertz CT molecular complexity index is 1310. The maximum atomic E-state index is 13.9. The Labute approximate surface area is 200 Å². The topological polar surface area (TPSA) is 68.1 Å². The summed E-state index contributed by atoms with van der Waals surface area (Å²) in [5.41, 5.74) is 2.17. The lowest BCUT2D eigenvalue weighted by Crippen LogP contribution is -2.36. The average molecular weight is 487 g/mol. The van der Waals surface area contributed by atoms with Gasteiger partial charge in [0.05, 0.1) is 36.2 Å². The number of rotatable bonds is 7. The third kappa shape index (κ3) is 4.37. The summed E-state index contributed by atoms with van der Waals surface area (Å²) in [5, 5.41) is 4.44. The summed E-state index contributed by atoms with van der Waals surface area (Å²) in [5.74, 6) is 1.61. The summed E-state index contributed by atoms with van der Waals surface area (Å²) in [6, 6.07) is 7.01. The van der Waals surface area contributed by atoms with Crippen molar-refractivity contribution < 1.29 is 13.5 Å². The first-order chi connectivity index (χ1) is 16.4. The number of fused-ring (bicyclic) bond motifs is 2. The number of anilines is 1. The van der Waals surface area contributed by atoms with Gasteiger partial charge in [0.2, 0.25) is 0 Å². The number of para-hydroxylation sites is 2. The Balaban J connectivity index is 1.44. The van der Waals surface area contributed by atoms with Crippen molar-refractivity contribution in [1.29, 1.82) is 0 Å². The predicted octanol–water partition coefficient (Wildman–Crippen LogP) is 5.10. The van der Waals surface area contributed by atoms with Crippen LogP contribution in [0.15, 0.2) is 24.3 Å². The number of hydrogen-bond acceptors (Lipinski definition) is 7. The second kappa shape index (κ2) is 9.52. The van der Waals surface area contributed by atoms with E-state index in [1.54, 1.807) is 29.5 Å². The number of alkyl halides is 2. The lowest BCUT2D eigenvalue weighted by atomic mass is 10.1. The van der Waals surface area contributed by atoms with Crippen LogP contribution in [0.2, 0.25) is 0 Å². The van der Waals surface area contributed by atoms with Crippen LogP contribution in [0, 0.1) is 13.8 Å². The van der Waals surface area contributed by atoms with Crippen molar-refractivity contribution in [3.05, 3.63) is 46.4 Å². The first-order valence-electron chi connectivity index (χ1n) is 11.5. The number of imidazole rings is 1. The number of aromatic nitrogens is 4. The van der Waals surface area contributed by atoms with Crippen LogP contribution in [-0.2, 0) is 11.3 Å². The molecule has 3 aromatic heterocycles. The molecule has 0 spiro atoms. The van der Waals surface area contributed by atoms with E-state index < -0.39 is 6.55 Å². The molecule has 0 aliphatic carbocycles. The molecular formula is C24H28F2N6OS. The number of halogens is 2. The Morgan fingerprint density at radius 3 is 2.65 bits per heavy atom. The van der Waals surface area contributed by atoms with E-state index in [-0.39, 0.29) is 5.92 Å². The van der Waals surface area contributed by atoms with Gasteiger partial charge in [-0.3, -0.25) is 9.47 Å². The molecule has 4 aromatic rings. The van der Waals surface area contributed by atoms with Gasteiger partial charge in [-0.25, -0.2) is 15.0 Å². The number of aryl methyl sites for hydroxylation is 2. The van der Waals surface area contributed by atoms with E-state index >= 15 is 0 Å². The molecule has 180 valence electrons. The van der Waals surface area contributed by atoms with Crippen molar-refractivity contribution in [2.75, 3.05) is 38.2 Å². The maximum absolute atomic E-state index is 13.9. The van der Waals surface area contributed by atoms with E-state index in [9.17, 15) is 8.78 Å². The second-order valence-corrected chi connectivity index (χ2v) is 9.93. The van der Waals surface area contributed by atoms with Crippen molar-refractivity contribution in [2.45, 2.75) is 39.8 Å². The highest BCUT2D eigenvalue weighted by Gasteiger charge is 2.23. The molecule has 0 bridgehead atoms. The molecule has 1 aromatic carbocycles. The highest BCUT2D eigenvalue weighted by Crippen LogP contribution is 2.34. The van der Waals surface area contributed by atoms with Gasteiger partial charge in [0, 0.05) is 30.4 Å². The normalized spacial score (nSPS) is 16.1. The average Bonchev–Trinajstić information content (AvgIpc) is 3.35. The molecule has 34 heavy (non-hydrogen) atoms. The zero-order chi connectivity index (χ0) is 23.8. The lowest BCUT2D eigenvalue weighted by molar-refractivity contribution is 0.0331. The zero-order valence-electron chi connectivity index (χ0n) is 19.5. The van der Waals surface area contributed by atoms with Crippen molar-refractivity contribution in [2.24, 2.45) is 0 Å². The van der Waals surface area contributed by atoms with E-state index in [2.05, 4.69) is 29.0 Å². The summed E-state index contributed by atoms with van der Waals surface area (Å²) < 4.78 is 34.3. The lowest BCUT2D eigenvalue weighted by Gasteiger charge is -2.26. The van der Waals surface area contributed by atoms with Gasteiger partial charge < -0.3 is 10.1 Å². The number of hydrogen-bond donors (Lipinski definition) is 1. The number of nitrogens with zero attached hydrogens (tertiary/aromatic N) is 5. The van der Waals surface area contributed by atoms with Crippen molar-refractivity contribution in [3.8, 4) is 0 Å². The van der Waals surface area contributed by atoms with Crippen molar-refractivity contribution in [1.82, 2.24) is 24.4 Å². The molecule has 1 fully saturated rings. The van der Waals surface area contributed by atoms with E-state index in [0.717, 1.165) is 45.1 Å². The van der Waals surface area contributed by atoms with E-state index in [1.807, 2.05) is 13.0 Å². The standard InChI is InChI=1S/C24H28F2N6OS/c1-14(22-28-17-6-4-5-7-18(17)32(22)24(25)26)12-27-21-20-15(2)16(3)34-23(20)30-19(29-21)13-31-8-10-33-11-9-31/h4-7,14,24H,8-13H2,1-3H3,(H,27,29,30)/t14-/m1/s1. The van der Waals surface area contributed by atoms with Gasteiger partial charge in [-0.1, -0.05) is 19.1 Å². The van der Waals surface area contributed by atoms with Gasteiger partial charge in [-0.15, -0.1) is 11.3 Å². The molecular weight excluding hydrogens is 458 g/mol. The second-order valence-electron chi connectivity index (χ2n) is 8.73. The monoisotopic (exact) mass is 486 g/mol. The minimum atomic E-state index is -2.66. The minimum Gasteiger partial charge on any atom is -0.379 e. The number of benzene rings is 1. The first kappa shape index (κ1) is 23.1. The van der Waals surface area contributed by atoms with Gasteiger partial charge in [0.1, 0.15) is 22.3 Å². The Hall–Kier alpha value is -2.69. The molecule has 0 amide bonds.